The molecule has 1 amide bonds. The van der Waals surface area contributed by atoms with Crippen molar-refractivity contribution in [3.8, 4) is 11.8 Å². The van der Waals surface area contributed by atoms with E-state index in [1.54, 1.807) is 0 Å². The Kier molecular flexibility index (Phi) is 6.67. The molecule has 0 radical (unpaired) electrons. The highest BCUT2D eigenvalue weighted by Gasteiger charge is 2.24. The molecule has 1 rings (SSSR count). The van der Waals surface area contributed by atoms with Crippen LogP contribution in [0, 0.1) is 21.4 Å². The average Bonchev–Trinajstić information content (AvgIpc) is 2.58. The van der Waals surface area contributed by atoms with Crippen LogP contribution in [0.25, 0.3) is 0 Å². The lowest BCUT2D eigenvalue weighted by Gasteiger charge is -2.21. The minimum atomic E-state index is -0.989. The first-order chi connectivity index (χ1) is 11.3. The van der Waals surface area contributed by atoms with E-state index in [9.17, 15) is 19.7 Å². The van der Waals surface area contributed by atoms with Crippen LogP contribution < -0.4 is 4.74 Å². The zero-order valence-corrected chi connectivity index (χ0v) is 13.5. The molecule has 0 N–H and O–H groups in total. The summed E-state index contributed by atoms with van der Waals surface area (Å²) in [5.41, 5.74) is -0.445. The summed E-state index contributed by atoms with van der Waals surface area (Å²) in [6.07, 6.45) is -0.820. The van der Waals surface area contributed by atoms with Crippen molar-refractivity contribution in [2.24, 2.45) is 0 Å². The number of carbonyl (C=O) groups is 2. The first-order valence-electron chi connectivity index (χ1n) is 6.97. The number of amides is 1. The van der Waals surface area contributed by atoms with Gasteiger partial charge in [-0.1, -0.05) is 0 Å². The first kappa shape index (κ1) is 18.9. The summed E-state index contributed by atoms with van der Waals surface area (Å²) < 4.78 is 9.88. The van der Waals surface area contributed by atoms with Gasteiger partial charge < -0.3 is 14.4 Å². The minimum absolute atomic E-state index is 0.00154. The number of esters is 1. The molecule has 1 aromatic carbocycles. The number of nitrogens with zero attached hydrogens (tertiary/aromatic N) is 3. The smallest absolute Gasteiger partial charge is 0.338 e. The Balaban J connectivity index is 2.97. The Bertz CT molecular complexity index is 682. The molecule has 0 aliphatic heterocycles. The van der Waals surface area contributed by atoms with Gasteiger partial charge in [-0.25, -0.2) is 4.79 Å². The predicted octanol–water partition coefficient (Wildman–Crippen LogP) is 1.52. The maximum Gasteiger partial charge on any atom is 0.338 e. The van der Waals surface area contributed by atoms with Crippen LogP contribution in [0.1, 0.15) is 23.7 Å². The number of methoxy groups -OCH3 is 1. The van der Waals surface area contributed by atoms with Crippen molar-refractivity contribution in [1.29, 1.82) is 5.26 Å². The van der Waals surface area contributed by atoms with E-state index in [1.807, 2.05) is 6.07 Å². The van der Waals surface area contributed by atoms with E-state index in [0.29, 0.717) is 0 Å². The summed E-state index contributed by atoms with van der Waals surface area (Å²) >= 11 is 0. The zero-order valence-electron chi connectivity index (χ0n) is 13.5. The van der Waals surface area contributed by atoms with Gasteiger partial charge in [0.15, 0.2) is 11.9 Å². The highest BCUT2D eigenvalue weighted by atomic mass is 16.6. The van der Waals surface area contributed by atoms with Gasteiger partial charge >= 0.3 is 11.7 Å². The zero-order chi connectivity index (χ0) is 18.3. The molecular formula is C15H17N3O6. The number of rotatable bonds is 7. The molecule has 0 heterocycles. The molecule has 0 bridgehead atoms. The van der Waals surface area contributed by atoms with Gasteiger partial charge in [0, 0.05) is 19.7 Å². The summed E-state index contributed by atoms with van der Waals surface area (Å²) in [5, 5.41) is 19.7. The van der Waals surface area contributed by atoms with Crippen molar-refractivity contribution in [2.75, 3.05) is 20.7 Å². The van der Waals surface area contributed by atoms with Crippen molar-refractivity contribution in [3.63, 3.8) is 0 Å². The van der Waals surface area contributed by atoms with Crippen LogP contribution in [0.3, 0.4) is 0 Å². The summed E-state index contributed by atoms with van der Waals surface area (Å²) in [4.78, 5) is 35.3. The molecule has 9 nitrogen and oxygen atoms in total. The Hall–Kier alpha value is -3.15. The summed E-state index contributed by atoms with van der Waals surface area (Å²) in [5.74, 6) is -1.27. The molecule has 0 aliphatic rings. The minimum Gasteiger partial charge on any atom is -0.474 e. The second kappa shape index (κ2) is 8.47. The Labute approximate surface area is 138 Å². The third-order valence-electron chi connectivity index (χ3n) is 3.16. The number of benzene rings is 1. The van der Waals surface area contributed by atoms with Gasteiger partial charge in [0.1, 0.15) is 0 Å². The fraction of sp³-hybridized carbons (Fsp3) is 0.400. The van der Waals surface area contributed by atoms with Crippen molar-refractivity contribution >= 4 is 17.6 Å². The molecule has 0 aliphatic carbocycles. The van der Waals surface area contributed by atoms with Gasteiger partial charge in [-0.3, -0.25) is 14.9 Å². The lowest BCUT2D eigenvalue weighted by Crippen LogP contribution is -2.38. The van der Waals surface area contributed by atoms with Gasteiger partial charge in [0.05, 0.1) is 30.1 Å². The van der Waals surface area contributed by atoms with Crippen LogP contribution in [-0.4, -0.2) is 48.5 Å². The molecule has 1 aromatic rings. The topological polar surface area (TPSA) is 123 Å². The van der Waals surface area contributed by atoms with Crippen molar-refractivity contribution < 1.29 is 24.0 Å². The van der Waals surface area contributed by atoms with Gasteiger partial charge in [0.25, 0.3) is 5.91 Å². The maximum atomic E-state index is 12.1. The molecule has 24 heavy (non-hydrogen) atoms. The van der Waals surface area contributed by atoms with Crippen molar-refractivity contribution in [2.45, 2.75) is 19.4 Å². The van der Waals surface area contributed by atoms with E-state index >= 15 is 0 Å². The van der Waals surface area contributed by atoms with E-state index in [-0.39, 0.29) is 24.3 Å². The number of carbonyl (C=O) groups excluding carboxylic acids is 2. The SMILES string of the molecule is COC(=O)c1ccc(O[C@H](C)C(=O)N(C)CCC#N)c([N+](=O)[O-])c1. The average molecular weight is 335 g/mol. The predicted molar refractivity (Wildman–Crippen MR) is 82.4 cm³/mol. The standard InChI is InChI=1S/C15H17N3O6/c1-10(14(19)17(2)8-4-7-16)24-13-6-5-11(15(20)23-3)9-12(13)18(21)22/h5-6,9-10H,4,8H2,1-3H3/t10-/m1/s1. The number of ether oxygens (including phenoxy) is 2. The highest BCUT2D eigenvalue weighted by molar-refractivity contribution is 5.90. The molecule has 0 fully saturated rings. The van der Waals surface area contributed by atoms with E-state index in [1.165, 1.54) is 31.0 Å². The molecule has 1 atom stereocenters. The normalized spacial score (nSPS) is 11.1. The number of hydrogen-bond donors (Lipinski definition) is 0. The fourth-order valence-electron chi connectivity index (χ4n) is 1.88. The lowest BCUT2D eigenvalue weighted by molar-refractivity contribution is -0.386. The second-order valence-electron chi connectivity index (χ2n) is 4.86. The van der Waals surface area contributed by atoms with Crippen LogP contribution in [0.15, 0.2) is 18.2 Å². The highest BCUT2D eigenvalue weighted by Crippen LogP contribution is 2.29. The lowest BCUT2D eigenvalue weighted by atomic mass is 10.2. The molecule has 128 valence electrons. The van der Waals surface area contributed by atoms with Crippen LogP contribution in [0.4, 0.5) is 5.69 Å². The van der Waals surface area contributed by atoms with Gasteiger partial charge in [-0.15, -0.1) is 0 Å². The fourth-order valence-corrected chi connectivity index (χ4v) is 1.88. The summed E-state index contributed by atoms with van der Waals surface area (Å²) in [6, 6.07) is 5.50. The molecule has 0 spiro atoms. The van der Waals surface area contributed by atoms with Crippen molar-refractivity contribution in [3.05, 3.63) is 33.9 Å². The number of nitro groups is 1. The molecule has 0 unspecified atom stereocenters. The van der Waals surface area contributed by atoms with Crippen LogP contribution in [0.5, 0.6) is 5.75 Å². The quantitative estimate of drug-likeness (QED) is 0.420. The van der Waals surface area contributed by atoms with E-state index < -0.39 is 28.6 Å². The molecule has 0 saturated carbocycles. The maximum absolute atomic E-state index is 12.1. The van der Waals surface area contributed by atoms with Crippen LogP contribution in [0.2, 0.25) is 0 Å². The van der Waals surface area contributed by atoms with Gasteiger partial charge in [-0.2, -0.15) is 5.26 Å². The van der Waals surface area contributed by atoms with E-state index in [0.717, 1.165) is 13.2 Å². The van der Waals surface area contributed by atoms with Gasteiger partial charge in [-0.05, 0) is 19.1 Å². The van der Waals surface area contributed by atoms with E-state index in [4.69, 9.17) is 10.00 Å². The Morgan fingerprint density at radius 3 is 2.67 bits per heavy atom. The van der Waals surface area contributed by atoms with Crippen LogP contribution >= 0.6 is 0 Å². The summed E-state index contributed by atoms with van der Waals surface area (Å²) in [7, 11) is 2.67. The molecule has 9 heteroatoms. The van der Waals surface area contributed by atoms with Gasteiger partial charge in [0.2, 0.25) is 0 Å². The third-order valence-corrected chi connectivity index (χ3v) is 3.16. The largest absolute Gasteiger partial charge is 0.474 e. The number of nitro benzene ring substituents is 1. The first-order valence-corrected chi connectivity index (χ1v) is 6.97. The molecule has 0 saturated heterocycles. The number of likely N-dealkylation sites (N-methyl/N-ethyl adjacent to an activating group) is 1. The third kappa shape index (κ3) is 4.67. The van der Waals surface area contributed by atoms with Crippen molar-refractivity contribution in [1.82, 2.24) is 4.90 Å². The number of nitriles is 1. The monoisotopic (exact) mass is 335 g/mol. The van der Waals surface area contributed by atoms with E-state index in [2.05, 4.69) is 4.74 Å². The molecular weight excluding hydrogens is 318 g/mol. The number of hydrogen-bond acceptors (Lipinski definition) is 7. The molecule has 0 aromatic heterocycles. The Morgan fingerprint density at radius 2 is 2.12 bits per heavy atom. The Morgan fingerprint density at radius 1 is 1.46 bits per heavy atom. The second-order valence-corrected chi connectivity index (χ2v) is 4.86. The summed E-state index contributed by atoms with van der Waals surface area (Å²) in [6.45, 7) is 1.68. The van der Waals surface area contributed by atoms with Crippen LogP contribution in [-0.2, 0) is 9.53 Å².